The molecule has 0 aromatic heterocycles. The molecule has 2 aliphatic rings. The average molecular weight is 270 g/mol. The number of ether oxygens (including phenoxy) is 3. The lowest BCUT2D eigenvalue weighted by atomic mass is 10.3. The number of sulfone groups is 1. The molecular weight excluding hydrogens is 256 g/mol. The van der Waals surface area contributed by atoms with Gasteiger partial charge in [-0.3, -0.25) is 0 Å². The molecule has 0 aliphatic carbocycles. The summed E-state index contributed by atoms with van der Waals surface area (Å²) in [5.74, 6) is 1.10. The summed E-state index contributed by atoms with van der Waals surface area (Å²) in [6.45, 7) is 1.73. The molecule has 3 rings (SSSR count). The van der Waals surface area contributed by atoms with E-state index >= 15 is 0 Å². The van der Waals surface area contributed by atoms with Gasteiger partial charge in [0.1, 0.15) is 13.2 Å². The second-order valence-electron chi connectivity index (χ2n) is 4.34. The van der Waals surface area contributed by atoms with Crippen LogP contribution in [0.2, 0.25) is 0 Å². The van der Waals surface area contributed by atoms with E-state index in [1.54, 1.807) is 18.2 Å². The molecule has 0 saturated carbocycles. The summed E-state index contributed by atoms with van der Waals surface area (Å²) in [4.78, 5) is 0.280. The second kappa shape index (κ2) is 4.44. The van der Waals surface area contributed by atoms with Crippen LogP contribution in [0.25, 0.3) is 0 Å². The topological polar surface area (TPSA) is 61.8 Å². The fourth-order valence-electron chi connectivity index (χ4n) is 2.15. The van der Waals surface area contributed by atoms with Crippen LogP contribution in [0.1, 0.15) is 6.42 Å². The van der Waals surface area contributed by atoms with Crippen molar-refractivity contribution in [2.24, 2.45) is 0 Å². The van der Waals surface area contributed by atoms with E-state index in [1.165, 1.54) is 0 Å². The Hall–Kier alpha value is -1.27. The normalized spacial score (nSPS) is 23.0. The molecule has 0 amide bonds. The molecule has 98 valence electrons. The zero-order valence-corrected chi connectivity index (χ0v) is 10.6. The quantitative estimate of drug-likeness (QED) is 0.803. The van der Waals surface area contributed by atoms with E-state index in [0.29, 0.717) is 37.7 Å². The third-order valence-corrected chi connectivity index (χ3v) is 5.33. The molecule has 0 radical (unpaired) electrons. The van der Waals surface area contributed by atoms with Crippen molar-refractivity contribution in [2.75, 3.05) is 26.4 Å². The third-order valence-electron chi connectivity index (χ3n) is 3.17. The van der Waals surface area contributed by atoms with Crippen LogP contribution < -0.4 is 9.47 Å². The molecule has 1 atom stereocenters. The lowest BCUT2D eigenvalue weighted by Crippen LogP contribution is -2.22. The highest BCUT2D eigenvalue weighted by molar-refractivity contribution is 7.92. The molecule has 18 heavy (non-hydrogen) atoms. The van der Waals surface area contributed by atoms with Gasteiger partial charge in [-0.2, -0.15) is 0 Å². The van der Waals surface area contributed by atoms with E-state index in [1.807, 2.05) is 0 Å². The lowest BCUT2D eigenvalue weighted by molar-refractivity contribution is 0.171. The molecule has 0 unspecified atom stereocenters. The van der Waals surface area contributed by atoms with Gasteiger partial charge in [-0.15, -0.1) is 0 Å². The SMILES string of the molecule is O=S(=O)(c1ccc2c(c1)OCCO2)[C@@H]1CCOC1. The fourth-order valence-corrected chi connectivity index (χ4v) is 3.75. The van der Waals surface area contributed by atoms with E-state index in [-0.39, 0.29) is 11.5 Å². The molecule has 2 aliphatic heterocycles. The molecule has 0 spiro atoms. The fraction of sp³-hybridized carbons (Fsp3) is 0.500. The van der Waals surface area contributed by atoms with Crippen molar-refractivity contribution in [3.8, 4) is 11.5 Å². The Morgan fingerprint density at radius 2 is 1.83 bits per heavy atom. The Morgan fingerprint density at radius 1 is 1.06 bits per heavy atom. The smallest absolute Gasteiger partial charge is 0.183 e. The van der Waals surface area contributed by atoms with E-state index in [0.717, 1.165) is 0 Å². The zero-order valence-electron chi connectivity index (χ0n) is 9.79. The van der Waals surface area contributed by atoms with Crippen molar-refractivity contribution in [3.05, 3.63) is 18.2 Å². The van der Waals surface area contributed by atoms with Crippen LogP contribution in [0, 0.1) is 0 Å². The number of fused-ring (bicyclic) bond motifs is 1. The van der Waals surface area contributed by atoms with Crippen molar-refractivity contribution in [2.45, 2.75) is 16.6 Å². The molecule has 1 fully saturated rings. The largest absolute Gasteiger partial charge is 0.486 e. The van der Waals surface area contributed by atoms with Crippen LogP contribution in [0.15, 0.2) is 23.1 Å². The van der Waals surface area contributed by atoms with Gasteiger partial charge < -0.3 is 14.2 Å². The third kappa shape index (κ3) is 1.95. The standard InChI is InChI=1S/C12H14O5S/c13-18(14,10-3-4-15-8-10)9-1-2-11-12(7-9)17-6-5-16-11/h1-2,7,10H,3-6,8H2/t10-/m1/s1. The molecule has 1 saturated heterocycles. The first-order valence-electron chi connectivity index (χ1n) is 5.89. The molecule has 6 heteroatoms. The maximum atomic E-state index is 12.3. The predicted octanol–water partition coefficient (Wildman–Crippen LogP) is 1.02. The highest BCUT2D eigenvalue weighted by Gasteiger charge is 2.32. The Balaban J connectivity index is 1.96. The molecule has 0 N–H and O–H groups in total. The summed E-state index contributed by atoms with van der Waals surface area (Å²) in [7, 11) is -3.33. The summed E-state index contributed by atoms with van der Waals surface area (Å²) in [6, 6.07) is 4.76. The minimum atomic E-state index is -3.33. The number of hydrogen-bond donors (Lipinski definition) is 0. The maximum Gasteiger partial charge on any atom is 0.183 e. The lowest BCUT2D eigenvalue weighted by Gasteiger charge is -2.19. The Morgan fingerprint density at radius 3 is 2.56 bits per heavy atom. The number of rotatable bonds is 2. The molecule has 5 nitrogen and oxygen atoms in total. The Kier molecular flexibility index (Phi) is 2.91. The highest BCUT2D eigenvalue weighted by atomic mass is 32.2. The van der Waals surface area contributed by atoms with Crippen LogP contribution in [-0.2, 0) is 14.6 Å². The van der Waals surface area contributed by atoms with Crippen LogP contribution in [-0.4, -0.2) is 40.1 Å². The highest BCUT2D eigenvalue weighted by Crippen LogP contribution is 2.34. The van der Waals surface area contributed by atoms with Crippen molar-refractivity contribution < 1.29 is 22.6 Å². The average Bonchev–Trinajstić information content (AvgIpc) is 2.92. The van der Waals surface area contributed by atoms with E-state index in [2.05, 4.69) is 0 Å². The molecule has 0 bridgehead atoms. The predicted molar refractivity (Wildman–Crippen MR) is 63.8 cm³/mol. The first-order valence-corrected chi connectivity index (χ1v) is 7.44. The van der Waals surface area contributed by atoms with Crippen molar-refractivity contribution >= 4 is 9.84 Å². The van der Waals surface area contributed by atoms with Gasteiger partial charge in [-0.25, -0.2) is 8.42 Å². The Bertz CT molecular complexity index is 546. The summed E-state index contributed by atoms with van der Waals surface area (Å²) in [5.41, 5.74) is 0. The summed E-state index contributed by atoms with van der Waals surface area (Å²) >= 11 is 0. The molecule has 1 aromatic rings. The zero-order chi connectivity index (χ0) is 12.6. The van der Waals surface area contributed by atoms with Gasteiger partial charge in [0.25, 0.3) is 0 Å². The van der Waals surface area contributed by atoms with E-state index in [9.17, 15) is 8.42 Å². The van der Waals surface area contributed by atoms with Crippen molar-refractivity contribution in [1.29, 1.82) is 0 Å². The summed E-state index contributed by atoms with van der Waals surface area (Å²) in [5, 5.41) is -0.444. The number of benzene rings is 1. The van der Waals surface area contributed by atoms with Gasteiger partial charge in [0, 0.05) is 12.7 Å². The van der Waals surface area contributed by atoms with Crippen LogP contribution >= 0.6 is 0 Å². The minimum absolute atomic E-state index is 0.275. The monoisotopic (exact) mass is 270 g/mol. The molecular formula is C12H14O5S. The van der Waals surface area contributed by atoms with Gasteiger partial charge in [0.15, 0.2) is 21.3 Å². The first-order chi connectivity index (χ1) is 8.68. The number of hydrogen-bond acceptors (Lipinski definition) is 5. The summed E-state index contributed by atoms with van der Waals surface area (Å²) < 4.78 is 40.6. The van der Waals surface area contributed by atoms with Gasteiger partial charge >= 0.3 is 0 Å². The van der Waals surface area contributed by atoms with Gasteiger partial charge in [0.2, 0.25) is 0 Å². The minimum Gasteiger partial charge on any atom is -0.486 e. The molecule has 1 aromatic carbocycles. The van der Waals surface area contributed by atoms with E-state index < -0.39 is 15.1 Å². The van der Waals surface area contributed by atoms with Crippen LogP contribution in [0.4, 0.5) is 0 Å². The summed E-state index contributed by atoms with van der Waals surface area (Å²) in [6.07, 6.45) is 0.552. The first kappa shape index (κ1) is 11.8. The van der Waals surface area contributed by atoms with Crippen LogP contribution in [0.5, 0.6) is 11.5 Å². The van der Waals surface area contributed by atoms with E-state index in [4.69, 9.17) is 14.2 Å². The second-order valence-corrected chi connectivity index (χ2v) is 6.56. The van der Waals surface area contributed by atoms with Gasteiger partial charge in [-0.1, -0.05) is 0 Å². The Labute approximate surface area is 106 Å². The van der Waals surface area contributed by atoms with Gasteiger partial charge in [0.05, 0.1) is 16.8 Å². The van der Waals surface area contributed by atoms with Crippen molar-refractivity contribution in [3.63, 3.8) is 0 Å². The van der Waals surface area contributed by atoms with Gasteiger partial charge in [-0.05, 0) is 18.6 Å². The maximum absolute atomic E-state index is 12.3. The van der Waals surface area contributed by atoms with Crippen LogP contribution in [0.3, 0.4) is 0 Å². The van der Waals surface area contributed by atoms with Crippen molar-refractivity contribution in [1.82, 2.24) is 0 Å². The molecule has 2 heterocycles.